The van der Waals surface area contributed by atoms with Crippen LogP contribution in [0.1, 0.15) is 34.8 Å². The number of carbonyl (C=O) groups excluding carboxylic acids is 1. The Balaban J connectivity index is 1.30. The maximum atomic E-state index is 15.3. The Labute approximate surface area is 211 Å². The average molecular weight is 505 g/mol. The van der Waals surface area contributed by atoms with Crippen LogP contribution in [0.25, 0.3) is 16.5 Å². The van der Waals surface area contributed by atoms with Crippen molar-refractivity contribution in [2.75, 3.05) is 43.4 Å². The molecule has 37 heavy (non-hydrogen) atoms. The second kappa shape index (κ2) is 8.65. The summed E-state index contributed by atoms with van der Waals surface area (Å²) in [6.07, 6.45) is 3.15. The highest BCUT2D eigenvalue weighted by Gasteiger charge is 2.33. The monoisotopic (exact) mass is 504 g/mol. The summed E-state index contributed by atoms with van der Waals surface area (Å²) in [5, 5.41) is 9.53. The number of fused-ring (bicyclic) bond motifs is 1. The quantitative estimate of drug-likeness (QED) is 0.402. The molecule has 2 fully saturated rings. The van der Waals surface area contributed by atoms with Crippen molar-refractivity contribution in [3.8, 4) is 0 Å². The molecule has 6 rings (SSSR count). The molecule has 3 aliphatic rings. The van der Waals surface area contributed by atoms with Crippen LogP contribution in [-0.2, 0) is 9.53 Å². The number of aromatic carboxylic acids is 1. The van der Waals surface area contributed by atoms with Crippen molar-refractivity contribution in [3.05, 3.63) is 75.5 Å². The fourth-order valence-corrected chi connectivity index (χ4v) is 5.21. The number of benzene rings is 2. The zero-order chi connectivity index (χ0) is 25.8. The van der Waals surface area contributed by atoms with Crippen LogP contribution in [0.2, 0.25) is 0 Å². The smallest absolute Gasteiger partial charge is 0.341 e. The summed E-state index contributed by atoms with van der Waals surface area (Å²) in [7, 11) is 0. The van der Waals surface area contributed by atoms with E-state index < -0.39 is 17.2 Å². The van der Waals surface area contributed by atoms with Crippen molar-refractivity contribution in [3.63, 3.8) is 0 Å². The lowest BCUT2D eigenvalue weighted by Gasteiger charge is -2.38. The van der Waals surface area contributed by atoms with Gasteiger partial charge in [-0.2, -0.15) is 0 Å². The topological polar surface area (TPSA) is 118 Å². The number of cyclic esters (lactones) is 1. The third-order valence-electron chi connectivity index (χ3n) is 7.31. The summed E-state index contributed by atoms with van der Waals surface area (Å²) >= 11 is 0. The summed E-state index contributed by atoms with van der Waals surface area (Å²) in [5.41, 5.74) is 8.35. The van der Waals surface area contributed by atoms with Crippen LogP contribution in [0.4, 0.5) is 15.8 Å². The Morgan fingerprint density at radius 1 is 1.03 bits per heavy atom. The first-order valence-corrected chi connectivity index (χ1v) is 12.2. The van der Waals surface area contributed by atoms with Crippen molar-refractivity contribution in [1.82, 2.24) is 9.47 Å². The van der Waals surface area contributed by atoms with Crippen molar-refractivity contribution >= 4 is 39.8 Å². The molecule has 10 heteroatoms. The van der Waals surface area contributed by atoms with Gasteiger partial charge in [-0.1, -0.05) is 12.1 Å². The number of halogens is 1. The first-order valence-electron chi connectivity index (χ1n) is 12.2. The van der Waals surface area contributed by atoms with Gasteiger partial charge in [0.25, 0.3) is 0 Å². The van der Waals surface area contributed by atoms with Gasteiger partial charge in [-0.15, -0.1) is 0 Å². The minimum atomic E-state index is -1.32. The number of nitrogens with zero attached hydrogens (tertiary/aromatic N) is 3. The van der Waals surface area contributed by atoms with Gasteiger partial charge in [-0.3, -0.25) is 4.79 Å². The summed E-state index contributed by atoms with van der Waals surface area (Å²) in [4.78, 5) is 40.8. The van der Waals surface area contributed by atoms with Gasteiger partial charge in [0.05, 0.1) is 22.5 Å². The summed E-state index contributed by atoms with van der Waals surface area (Å²) in [6, 6.07) is 10.0. The number of piperazine rings is 1. The van der Waals surface area contributed by atoms with Crippen LogP contribution >= 0.6 is 0 Å². The zero-order valence-electron chi connectivity index (χ0n) is 19.9. The highest BCUT2D eigenvalue weighted by molar-refractivity contribution is 6.19. The second-order valence-electron chi connectivity index (χ2n) is 9.63. The van der Waals surface area contributed by atoms with E-state index in [1.54, 1.807) is 34.9 Å². The molecule has 0 atom stereocenters. The number of nitrogen functional groups attached to an aromatic ring is 1. The minimum Gasteiger partial charge on any atom is -0.477 e. The average Bonchev–Trinajstić information content (AvgIpc) is 3.66. The maximum absolute atomic E-state index is 15.3. The zero-order valence-corrected chi connectivity index (χ0v) is 19.9. The molecule has 1 saturated heterocycles. The van der Waals surface area contributed by atoms with E-state index in [2.05, 4.69) is 4.90 Å². The number of carboxylic acids is 1. The van der Waals surface area contributed by atoms with Gasteiger partial charge in [0.1, 0.15) is 18.0 Å². The van der Waals surface area contributed by atoms with Gasteiger partial charge in [-0.25, -0.2) is 14.0 Å². The van der Waals surface area contributed by atoms with Crippen LogP contribution in [0.5, 0.6) is 0 Å². The molecular weight excluding hydrogens is 479 g/mol. The standard InChI is InChI=1S/C27H25FN4O5/c28-20-11-18-21(32(17-5-6-17)13-19(25(18)33)26(34)35)12-22(20)30-7-9-31(10-8-30)23-14-37-27(36)24(23)15-1-3-16(29)4-2-15/h1-4,11-13,17H,5-10,14,29H2,(H,34,35). The number of aromatic nitrogens is 1. The molecule has 2 aromatic carbocycles. The molecule has 3 N–H and O–H groups in total. The fourth-order valence-electron chi connectivity index (χ4n) is 5.21. The molecule has 1 aromatic heterocycles. The Morgan fingerprint density at radius 2 is 1.70 bits per heavy atom. The Kier molecular flexibility index (Phi) is 5.40. The maximum Gasteiger partial charge on any atom is 0.341 e. The molecule has 0 spiro atoms. The van der Waals surface area contributed by atoms with Crippen LogP contribution < -0.4 is 16.1 Å². The Bertz CT molecular complexity index is 1530. The molecule has 2 aliphatic heterocycles. The van der Waals surface area contributed by atoms with E-state index in [4.69, 9.17) is 10.5 Å². The van der Waals surface area contributed by atoms with Gasteiger partial charge < -0.3 is 29.9 Å². The van der Waals surface area contributed by atoms with E-state index >= 15 is 4.39 Å². The molecule has 0 bridgehead atoms. The molecule has 1 aliphatic carbocycles. The van der Waals surface area contributed by atoms with Gasteiger partial charge >= 0.3 is 11.9 Å². The lowest BCUT2D eigenvalue weighted by molar-refractivity contribution is -0.134. The molecule has 0 unspecified atom stereocenters. The predicted molar refractivity (Wildman–Crippen MR) is 136 cm³/mol. The summed E-state index contributed by atoms with van der Waals surface area (Å²) in [6.45, 7) is 2.28. The molecule has 0 amide bonds. The van der Waals surface area contributed by atoms with E-state index in [9.17, 15) is 19.5 Å². The Morgan fingerprint density at radius 3 is 2.35 bits per heavy atom. The molecule has 3 aromatic rings. The van der Waals surface area contributed by atoms with E-state index in [1.165, 1.54) is 6.20 Å². The van der Waals surface area contributed by atoms with E-state index in [0.717, 1.165) is 30.2 Å². The SMILES string of the molecule is Nc1ccc(C2=C(N3CCN(c4cc5c(cc4F)c(=O)c(C(=O)O)cn5C4CC4)CC3)COC2=O)cc1. The van der Waals surface area contributed by atoms with Crippen LogP contribution in [0.3, 0.4) is 0 Å². The van der Waals surface area contributed by atoms with Crippen molar-refractivity contribution in [1.29, 1.82) is 0 Å². The highest BCUT2D eigenvalue weighted by atomic mass is 19.1. The van der Waals surface area contributed by atoms with Crippen molar-refractivity contribution < 1.29 is 23.8 Å². The van der Waals surface area contributed by atoms with Crippen LogP contribution in [0.15, 0.2) is 53.1 Å². The molecule has 190 valence electrons. The van der Waals surface area contributed by atoms with Crippen LogP contribution in [0, 0.1) is 5.82 Å². The van der Waals surface area contributed by atoms with Crippen molar-refractivity contribution in [2.24, 2.45) is 0 Å². The number of esters is 1. The number of rotatable bonds is 5. The van der Waals surface area contributed by atoms with E-state index in [0.29, 0.717) is 48.6 Å². The number of anilines is 2. The lowest BCUT2D eigenvalue weighted by Crippen LogP contribution is -2.46. The number of carbonyl (C=O) groups is 2. The van der Waals surface area contributed by atoms with Gasteiger partial charge in [0.15, 0.2) is 0 Å². The fraction of sp³-hybridized carbons (Fsp3) is 0.296. The molecule has 1 saturated carbocycles. The number of ether oxygens (including phenoxy) is 1. The number of pyridine rings is 1. The molecule has 0 radical (unpaired) electrons. The Hall–Kier alpha value is -4.34. The molecule has 3 heterocycles. The van der Waals surface area contributed by atoms with Gasteiger partial charge in [0.2, 0.25) is 5.43 Å². The number of nitrogens with two attached hydrogens (primary N) is 1. The predicted octanol–water partition coefficient (Wildman–Crippen LogP) is 2.85. The third-order valence-corrected chi connectivity index (χ3v) is 7.31. The number of hydrogen-bond acceptors (Lipinski definition) is 7. The van der Waals surface area contributed by atoms with Gasteiger partial charge in [-0.05, 0) is 42.7 Å². The molecule has 9 nitrogen and oxygen atoms in total. The van der Waals surface area contributed by atoms with Gasteiger partial charge in [0, 0.05) is 49.5 Å². The van der Waals surface area contributed by atoms with Crippen LogP contribution in [-0.4, -0.2) is 59.3 Å². The first kappa shape index (κ1) is 23.1. The van der Waals surface area contributed by atoms with Crippen molar-refractivity contribution in [2.45, 2.75) is 18.9 Å². The van der Waals surface area contributed by atoms with E-state index in [1.807, 2.05) is 4.90 Å². The first-order chi connectivity index (χ1) is 17.8. The largest absolute Gasteiger partial charge is 0.477 e. The van der Waals surface area contributed by atoms with E-state index in [-0.39, 0.29) is 29.6 Å². The highest BCUT2D eigenvalue weighted by Crippen LogP contribution is 2.38. The lowest BCUT2D eigenvalue weighted by atomic mass is 10.0. The normalized spacial score (nSPS) is 18.0. The summed E-state index contributed by atoms with van der Waals surface area (Å²) in [5.74, 6) is -2.26. The minimum absolute atomic E-state index is 0.0756. The number of carboxylic acid groups (broad SMARTS) is 1. The third kappa shape index (κ3) is 3.98. The second-order valence-corrected chi connectivity index (χ2v) is 9.63. The molecular formula is C27H25FN4O5. The summed E-state index contributed by atoms with van der Waals surface area (Å²) < 4.78 is 22.4. The number of hydrogen-bond donors (Lipinski definition) is 2.